The maximum Gasteiger partial charge on any atom is 0.255 e. The molecule has 1 aromatic carbocycles. The van der Waals surface area contributed by atoms with Crippen LogP contribution in [0, 0.1) is 11.8 Å². The monoisotopic (exact) mass is 495 g/mol. The van der Waals surface area contributed by atoms with E-state index in [0.717, 1.165) is 0 Å². The molecule has 1 amide bonds. The van der Waals surface area contributed by atoms with Crippen molar-refractivity contribution in [2.75, 3.05) is 19.8 Å². The van der Waals surface area contributed by atoms with Gasteiger partial charge in [-0.05, 0) is 56.1 Å². The lowest BCUT2D eigenvalue weighted by atomic mass is 9.58. The Labute approximate surface area is 204 Å². The van der Waals surface area contributed by atoms with Crippen LogP contribution in [-0.4, -0.2) is 68.5 Å². The Morgan fingerprint density at radius 2 is 1.92 bits per heavy atom. The van der Waals surface area contributed by atoms with Gasteiger partial charge in [0.15, 0.2) is 11.4 Å². The van der Waals surface area contributed by atoms with Gasteiger partial charge in [0.25, 0.3) is 5.91 Å². The average molecular weight is 495 g/mol. The maximum atomic E-state index is 13.7. The standard InChI is InChI=1S/C25H25N3O8/c1-28(2)18-13-6-10-5-12-11(9-3-4-36-8-9)7-14(26)19(29)16(12)20(30)15(10)22(32)25(13,35)23(33)17(21(18)31)24(27)34/h3-4,7-8,10,13,18,29,31-32,35H,5-6,26H2,1-2H3,(H2,27,34). The lowest BCUT2D eigenvalue weighted by Gasteiger charge is -2.50. The summed E-state index contributed by atoms with van der Waals surface area (Å²) in [5, 5.41) is 44.5. The highest BCUT2D eigenvalue weighted by Crippen LogP contribution is 2.53. The van der Waals surface area contributed by atoms with Crippen molar-refractivity contribution in [3.8, 4) is 16.9 Å². The Hall–Kier alpha value is -4.09. The molecule has 188 valence electrons. The second-order valence-electron chi connectivity index (χ2n) is 9.69. The first-order valence-corrected chi connectivity index (χ1v) is 11.2. The zero-order valence-corrected chi connectivity index (χ0v) is 19.5. The molecule has 1 heterocycles. The van der Waals surface area contributed by atoms with Crippen LogP contribution in [0.4, 0.5) is 5.69 Å². The molecule has 3 aliphatic rings. The van der Waals surface area contributed by atoms with E-state index >= 15 is 0 Å². The molecule has 8 N–H and O–H groups in total. The molecule has 0 bridgehead atoms. The van der Waals surface area contributed by atoms with E-state index in [2.05, 4.69) is 0 Å². The van der Waals surface area contributed by atoms with Crippen molar-refractivity contribution < 1.29 is 39.2 Å². The van der Waals surface area contributed by atoms with Crippen molar-refractivity contribution in [1.29, 1.82) is 0 Å². The fraction of sp³-hybridized carbons (Fsp3) is 0.320. The lowest BCUT2D eigenvalue weighted by molar-refractivity contribution is -0.148. The van der Waals surface area contributed by atoms with E-state index in [1.807, 2.05) is 0 Å². The van der Waals surface area contributed by atoms with Crippen molar-refractivity contribution in [3.05, 3.63) is 58.5 Å². The minimum Gasteiger partial charge on any atom is -0.510 e. The van der Waals surface area contributed by atoms with Crippen LogP contribution in [0.15, 0.2) is 51.7 Å². The third-order valence-electron chi connectivity index (χ3n) is 7.58. The van der Waals surface area contributed by atoms with Crippen LogP contribution < -0.4 is 11.5 Å². The van der Waals surface area contributed by atoms with Gasteiger partial charge >= 0.3 is 0 Å². The summed E-state index contributed by atoms with van der Waals surface area (Å²) in [6, 6.07) is 2.15. The summed E-state index contributed by atoms with van der Waals surface area (Å²) in [6.07, 6.45) is 3.08. The number of carbonyl (C=O) groups excluding carboxylic acids is 3. The van der Waals surface area contributed by atoms with Gasteiger partial charge in [0.2, 0.25) is 5.78 Å². The van der Waals surface area contributed by atoms with Crippen molar-refractivity contribution in [2.24, 2.45) is 17.6 Å². The summed E-state index contributed by atoms with van der Waals surface area (Å²) in [6.45, 7) is 0. The van der Waals surface area contributed by atoms with Gasteiger partial charge in [-0.15, -0.1) is 0 Å². The number of rotatable bonds is 3. The highest BCUT2D eigenvalue weighted by molar-refractivity contribution is 6.25. The molecular weight excluding hydrogens is 470 g/mol. The minimum atomic E-state index is -2.69. The number of fused-ring (bicyclic) bond motifs is 3. The molecule has 0 fully saturated rings. The molecule has 0 aliphatic heterocycles. The number of carbonyl (C=O) groups is 3. The van der Waals surface area contributed by atoms with Crippen molar-refractivity contribution in [2.45, 2.75) is 24.5 Å². The smallest absolute Gasteiger partial charge is 0.255 e. The normalized spacial score (nSPS) is 27.7. The third kappa shape index (κ3) is 2.90. The Bertz CT molecular complexity index is 1400. The van der Waals surface area contributed by atoms with E-state index < -0.39 is 63.8 Å². The fourth-order valence-corrected chi connectivity index (χ4v) is 6.01. The SMILES string of the molecule is CN(C)C1C(O)=C(C(N)=O)C(=O)C2(O)C(O)=C3C(=O)c4c(O)c(N)cc(-c5ccoc5)c4CC3CC12. The molecule has 4 atom stereocenters. The third-order valence-corrected chi connectivity index (χ3v) is 7.58. The Morgan fingerprint density at radius 3 is 2.50 bits per heavy atom. The number of ketones is 2. The largest absolute Gasteiger partial charge is 0.510 e. The lowest BCUT2D eigenvalue weighted by Crippen LogP contribution is -2.63. The van der Waals surface area contributed by atoms with Crippen LogP contribution >= 0.6 is 0 Å². The number of Topliss-reactive ketones (excluding diaryl/α,β-unsaturated/α-hetero) is 2. The van der Waals surface area contributed by atoms with Crippen molar-refractivity contribution in [3.63, 3.8) is 0 Å². The number of anilines is 1. The summed E-state index contributed by atoms with van der Waals surface area (Å²) >= 11 is 0. The minimum absolute atomic E-state index is 0.00171. The highest BCUT2D eigenvalue weighted by Gasteiger charge is 2.63. The molecule has 11 heteroatoms. The van der Waals surface area contributed by atoms with E-state index in [1.165, 1.54) is 23.5 Å². The van der Waals surface area contributed by atoms with Crippen LogP contribution in [0.3, 0.4) is 0 Å². The van der Waals surface area contributed by atoms with Gasteiger partial charge in [-0.25, -0.2) is 0 Å². The Morgan fingerprint density at radius 1 is 1.22 bits per heavy atom. The number of aliphatic hydroxyl groups is 3. The topological polar surface area (TPSA) is 201 Å². The van der Waals surface area contributed by atoms with E-state index in [4.69, 9.17) is 15.9 Å². The van der Waals surface area contributed by atoms with Crippen LogP contribution in [0.1, 0.15) is 22.3 Å². The molecule has 0 spiro atoms. The van der Waals surface area contributed by atoms with Gasteiger partial charge < -0.3 is 36.3 Å². The summed E-state index contributed by atoms with van der Waals surface area (Å²) in [7, 11) is 3.15. The fourth-order valence-electron chi connectivity index (χ4n) is 6.01. The van der Waals surface area contributed by atoms with Gasteiger partial charge in [-0.3, -0.25) is 19.3 Å². The molecular formula is C25H25N3O8. The van der Waals surface area contributed by atoms with Gasteiger partial charge in [-0.2, -0.15) is 0 Å². The number of likely N-dealkylation sites (N-methyl/N-ethyl adjacent to an activating group) is 1. The number of benzene rings is 1. The predicted octanol–water partition coefficient (Wildman–Crippen LogP) is 0.963. The zero-order chi connectivity index (χ0) is 26.3. The second kappa shape index (κ2) is 7.70. The van der Waals surface area contributed by atoms with Crippen LogP contribution in [0.2, 0.25) is 0 Å². The number of hydrogen-bond donors (Lipinski definition) is 6. The number of phenolic OH excluding ortho intramolecular Hbond substituents is 1. The molecule has 4 unspecified atom stereocenters. The van der Waals surface area contributed by atoms with Crippen molar-refractivity contribution >= 4 is 23.2 Å². The number of furan rings is 1. The van der Waals surface area contributed by atoms with E-state index in [1.54, 1.807) is 20.2 Å². The molecule has 3 aliphatic carbocycles. The molecule has 0 radical (unpaired) electrons. The number of amides is 1. The van der Waals surface area contributed by atoms with Gasteiger partial charge in [0.1, 0.15) is 22.8 Å². The number of primary amides is 1. The first-order chi connectivity index (χ1) is 16.9. The number of aliphatic hydroxyl groups excluding tert-OH is 2. The highest BCUT2D eigenvalue weighted by atomic mass is 16.3. The first-order valence-electron chi connectivity index (χ1n) is 11.2. The van der Waals surface area contributed by atoms with Crippen LogP contribution in [0.5, 0.6) is 5.75 Å². The number of aromatic hydroxyl groups is 1. The predicted molar refractivity (Wildman–Crippen MR) is 126 cm³/mol. The van der Waals surface area contributed by atoms with Crippen LogP contribution in [-0.2, 0) is 16.0 Å². The number of hydrogen-bond acceptors (Lipinski definition) is 10. The van der Waals surface area contributed by atoms with E-state index in [0.29, 0.717) is 16.7 Å². The zero-order valence-electron chi connectivity index (χ0n) is 19.5. The molecule has 36 heavy (non-hydrogen) atoms. The van der Waals surface area contributed by atoms with Crippen molar-refractivity contribution in [1.82, 2.24) is 4.90 Å². The first kappa shape index (κ1) is 23.6. The summed E-state index contributed by atoms with van der Waals surface area (Å²) in [4.78, 5) is 40.6. The van der Waals surface area contributed by atoms with E-state index in [9.17, 15) is 34.8 Å². The Balaban J connectivity index is 1.76. The van der Waals surface area contributed by atoms with Gasteiger partial charge in [0.05, 0.1) is 29.8 Å². The number of nitrogens with zero attached hydrogens (tertiary/aromatic N) is 1. The molecule has 5 rings (SSSR count). The van der Waals surface area contributed by atoms with E-state index in [-0.39, 0.29) is 29.7 Å². The Kier molecular flexibility index (Phi) is 5.06. The number of nitrogen functional groups attached to an aromatic ring is 1. The number of allylic oxidation sites excluding steroid dienone is 1. The molecule has 0 saturated carbocycles. The summed E-state index contributed by atoms with van der Waals surface area (Å²) < 4.78 is 5.17. The summed E-state index contributed by atoms with van der Waals surface area (Å²) in [5.74, 6) is -7.14. The second-order valence-corrected chi connectivity index (χ2v) is 9.69. The molecule has 2 aromatic rings. The van der Waals surface area contributed by atoms with Gasteiger partial charge in [0, 0.05) is 17.1 Å². The summed E-state index contributed by atoms with van der Waals surface area (Å²) in [5.41, 5.74) is 8.97. The van der Waals surface area contributed by atoms with Gasteiger partial charge in [-0.1, -0.05) is 0 Å². The molecule has 1 aromatic heterocycles. The maximum absolute atomic E-state index is 13.7. The molecule has 0 saturated heterocycles. The molecule has 11 nitrogen and oxygen atoms in total. The van der Waals surface area contributed by atoms with Crippen LogP contribution in [0.25, 0.3) is 11.1 Å². The average Bonchev–Trinajstić information content (AvgIpc) is 3.33. The number of nitrogens with two attached hydrogens (primary N) is 2. The number of phenols is 1. The quantitative estimate of drug-likeness (QED) is 0.202.